The van der Waals surface area contributed by atoms with Crippen molar-refractivity contribution in [3.8, 4) is 0 Å². The Morgan fingerprint density at radius 2 is 1.85 bits per heavy atom. The van der Waals surface area contributed by atoms with Gasteiger partial charge in [0.1, 0.15) is 5.60 Å². The van der Waals surface area contributed by atoms with Crippen LogP contribution < -0.4 is 5.73 Å². The van der Waals surface area contributed by atoms with E-state index in [1.165, 1.54) is 11.1 Å². The molecule has 1 heterocycles. The number of carbonyl (C=O) groups is 1. The highest BCUT2D eigenvalue weighted by Crippen LogP contribution is 2.27. The van der Waals surface area contributed by atoms with Gasteiger partial charge in [0.25, 0.3) is 0 Å². The minimum atomic E-state index is -0.469. The minimum Gasteiger partial charge on any atom is -0.444 e. The molecule has 0 aromatic heterocycles. The Kier molecular flexibility index (Phi) is 4.04. The van der Waals surface area contributed by atoms with E-state index in [4.69, 9.17) is 10.5 Å². The third-order valence-electron chi connectivity index (χ3n) is 3.52. The van der Waals surface area contributed by atoms with E-state index in [-0.39, 0.29) is 18.1 Å². The van der Waals surface area contributed by atoms with Crippen LogP contribution in [0.25, 0.3) is 0 Å². The summed E-state index contributed by atoms with van der Waals surface area (Å²) in [5.41, 5.74) is 8.14. The van der Waals surface area contributed by atoms with Crippen LogP contribution in [0.15, 0.2) is 24.3 Å². The molecule has 0 spiro atoms. The van der Waals surface area contributed by atoms with E-state index in [1.807, 2.05) is 20.8 Å². The lowest BCUT2D eigenvalue weighted by atomic mass is 9.94. The predicted octanol–water partition coefficient (Wildman–Crippen LogP) is 2.66. The summed E-state index contributed by atoms with van der Waals surface area (Å²) >= 11 is 0. The van der Waals surface area contributed by atoms with Gasteiger partial charge in [0, 0.05) is 25.0 Å². The average molecular weight is 276 g/mol. The van der Waals surface area contributed by atoms with Crippen LogP contribution >= 0.6 is 0 Å². The average Bonchev–Trinajstić information content (AvgIpc) is 2.70. The summed E-state index contributed by atoms with van der Waals surface area (Å²) in [4.78, 5) is 13.8. The number of nitrogens with two attached hydrogens (primary N) is 1. The number of benzene rings is 1. The van der Waals surface area contributed by atoms with Crippen LogP contribution in [-0.2, 0) is 4.74 Å². The number of aryl methyl sites for hydroxylation is 1. The fourth-order valence-electron chi connectivity index (χ4n) is 2.47. The lowest BCUT2D eigenvalue weighted by Gasteiger charge is -2.24. The van der Waals surface area contributed by atoms with Gasteiger partial charge in [-0.3, -0.25) is 0 Å². The monoisotopic (exact) mass is 276 g/mol. The second-order valence-electron chi connectivity index (χ2n) is 6.57. The first kappa shape index (κ1) is 14.9. The van der Waals surface area contributed by atoms with Gasteiger partial charge in [-0.25, -0.2) is 4.79 Å². The molecule has 2 N–H and O–H groups in total. The fourth-order valence-corrected chi connectivity index (χ4v) is 2.47. The molecule has 20 heavy (non-hydrogen) atoms. The highest BCUT2D eigenvalue weighted by molar-refractivity contribution is 5.69. The van der Waals surface area contributed by atoms with Crippen LogP contribution in [0, 0.1) is 6.92 Å². The molecule has 2 rings (SSSR count). The third-order valence-corrected chi connectivity index (χ3v) is 3.52. The number of nitrogens with zero attached hydrogens (tertiary/aromatic N) is 1. The Labute approximate surface area is 120 Å². The van der Waals surface area contributed by atoms with Crippen molar-refractivity contribution < 1.29 is 9.53 Å². The zero-order valence-electron chi connectivity index (χ0n) is 12.7. The molecular weight excluding hydrogens is 252 g/mol. The second kappa shape index (κ2) is 5.44. The molecule has 0 aliphatic carbocycles. The molecule has 4 nitrogen and oxygen atoms in total. The molecule has 0 unspecified atom stereocenters. The first-order chi connectivity index (χ1) is 9.26. The Bertz CT molecular complexity index is 476. The van der Waals surface area contributed by atoms with Gasteiger partial charge in [-0.1, -0.05) is 29.8 Å². The highest BCUT2D eigenvalue weighted by atomic mass is 16.6. The number of carbonyl (C=O) groups excluding carboxylic acids is 1. The quantitative estimate of drug-likeness (QED) is 0.858. The van der Waals surface area contributed by atoms with Crippen LogP contribution in [0.1, 0.15) is 37.8 Å². The summed E-state index contributed by atoms with van der Waals surface area (Å²) in [5.74, 6) is 0.183. The molecule has 1 aromatic rings. The van der Waals surface area contributed by atoms with Gasteiger partial charge < -0.3 is 15.4 Å². The summed E-state index contributed by atoms with van der Waals surface area (Å²) in [7, 11) is 0. The van der Waals surface area contributed by atoms with Crippen molar-refractivity contribution in [2.45, 2.75) is 45.3 Å². The van der Waals surface area contributed by atoms with E-state index in [9.17, 15) is 4.79 Å². The molecule has 2 atom stereocenters. The number of amides is 1. The summed E-state index contributed by atoms with van der Waals surface area (Å²) < 4.78 is 5.40. The molecule has 4 heteroatoms. The van der Waals surface area contributed by atoms with Crippen molar-refractivity contribution in [3.63, 3.8) is 0 Å². The number of hydrogen-bond acceptors (Lipinski definition) is 3. The zero-order chi connectivity index (χ0) is 14.9. The van der Waals surface area contributed by atoms with Crippen molar-refractivity contribution in [1.29, 1.82) is 0 Å². The van der Waals surface area contributed by atoms with Crippen LogP contribution in [0.5, 0.6) is 0 Å². The molecule has 1 aromatic carbocycles. The first-order valence-corrected chi connectivity index (χ1v) is 7.06. The van der Waals surface area contributed by atoms with Gasteiger partial charge in [-0.15, -0.1) is 0 Å². The van der Waals surface area contributed by atoms with Crippen LogP contribution in [-0.4, -0.2) is 35.7 Å². The summed E-state index contributed by atoms with van der Waals surface area (Å²) in [6.45, 7) is 8.85. The van der Waals surface area contributed by atoms with Crippen molar-refractivity contribution in [2.75, 3.05) is 13.1 Å². The van der Waals surface area contributed by atoms with Crippen LogP contribution in [0.2, 0.25) is 0 Å². The normalized spacial score (nSPS) is 22.9. The maximum absolute atomic E-state index is 12.1. The van der Waals surface area contributed by atoms with Crippen LogP contribution in [0.3, 0.4) is 0 Å². The van der Waals surface area contributed by atoms with Crippen molar-refractivity contribution in [3.05, 3.63) is 35.4 Å². The van der Waals surface area contributed by atoms with Gasteiger partial charge in [-0.05, 0) is 33.3 Å². The van der Waals surface area contributed by atoms with Gasteiger partial charge in [-0.2, -0.15) is 0 Å². The Hall–Kier alpha value is -1.55. The topological polar surface area (TPSA) is 55.6 Å². The smallest absolute Gasteiger partial charge is 0.410 e. The van der Waals surface area contributed by atoms with E-state index in [2.05, 4.69) is 31.2 Å². The van der Waals surface area contributed by atoms with Crippen molar-refractivity contribution in [2.24, 2.45) is 5.73 Å². The van der Waals surface area contributed by atoms with Crippen molar-refractivity contribution >= 4 is 6.09 Å². The molecule has 0 radical (unpaired) electrons. The fraction of sp³-hybridized carbons (Fsp3) is 0.562. The summed E-state index contributed by atoms with van der Waals surface area (Å²) in [6.07, 6.45) is -0.275. The maximum atomic E-state index is 12.1. The predicted molar refractivity (Wildman–Crippen MR) is 79.7 cm³/mol. The third kappa shape index (κ3) is 3.51. The lowest BCUT2D eigenvalue weighted by Crippen LogP contribution is -2.36. The van der Waals surface area contributed by atoms with E-state index in [0.29, 0.717) is 13.1 Å². The molecule has 0 bridgehead atoms. The van der Waals surface area contributed by atoms with Crippen LogP contribution in [0.4, 0.5) is 4.79 Å². The SMILES string of the molecule is Cc1ccc([C@@H]2CN(C(=O)OC(C)(C)C)C[C@H]2N)cc1. The maximum Gasteiger partial charge on any atom is 0.410 e. The van der Waals surface area contributed by atoms with E-state index in [0.717, 1.165) is 0 Å². The lowest BCUT2D eigenvalue weighted by molar-refractivity contribution is 0.0290. The number of likely N-dealkylation sites (tertiary alicyclic amines) is 1. The van der Waals surface area contributed by atoms with Gasteiger partial charge >= 0.3 is 6.09 Å². The zero-order valence-corrected chi connectivity index (χ0v) is 12.7. The minimum absolute atomic E-state index is 0.0368. The number of rotatable bonds is 1. The summed E-state index contributed by atoms with van der Waals surface area (Å²) in [5, 5.41) is 0. The molecule has 1 amide bonds. The molecule has 110 valence electrons. The Balaban J connectivity index is 2.05. The second-order valence-corrected chi connectivity index (χ2v) is 6.57. The standard InChI is InChI=1S/C16H24N2O2/c1-11-5-7-12(8-6-11)13-9-18(10-14(13)17)15(19)20-16(2,3)4/h5-8,13-14H,9-10,17H2,1-4H3/t13-,14+/m0/s1. The molecule has 0 saturated carbocycles. The number of hydrogen-bond donors (Lipinski definition) is 1. The Morgan fingerprint density at radius 3 is 2.40 bits per heavy atom. The van der Waals surface area contributed by atoms with Gasteiger partial charge in [0.05, 0.1) is 0 Å². The van der Waals surface area contributed by atoms with E-state index < -0.39 is 5.60 Å². The molecule has 1 aliphatic rings. The van der Waals surface area contributed by atoms with E-state index in [1.54, 1.807) is 4.90 Å². The van der Waals surface area contributed by atoms with E-state index >= 15 is 0 Å². The van der Waals surface area contributed by atoms with Gasteiger partial charge in [0.15, 0.2) is 0 Å². The van der Waals surface area contributed by atoms with Crippen molar-refractivity contribution in [1.82, 2.24) is 4.90 Å². The van der Waals surface area contributed by atoms with Gasteiger partial charge in [0.2, 0.25) is 0 Å². The number of ether oxygens (including phenoxy) is 1. The molecule has 1 saturated heterocycles. The summed E-state index contributed by atoms with van der Waals surface area (Å²) in [6, 6.07) is 8.32. The molecular formula is C16H24N2O2. The highest BCUT2D eigenvalue weighted by Gasteiger charge is 2.35. The largest absolute Gasteiger partial charge is 0.444 e. The Morgan fingerprint density at radius 1 is 1.25 bits per heavy atom. The molecule has 1 fully saturated rings. The molecule has 1 aliphatic heterocycles. The first-order valence-electron chi connectivity index (χ1n) is 7.06.